The number of alkyl halides is 4. The highest BCUT2D eigenvalue weighted by molar-refractivity contribution is 7.94. The summed E-state index contributed by atoms with van der Waals surface area (Å²) < 4.78 is 190. The van der Waals surface area contributed by atoms with Gasteiger partial charge in [0.15, 0.2) is 0 Å². The molecule has 3 saturated carbocycles. The van der Waals surface area contributed by atoms with E-state index in [1.165, 1.54) is 26.8 Å². The van der Waals surface area contributed by atoms with Crippen molar-refractivity contribution in [3.63, 3.8) is 0 Å². The fourth-order valence-corrected chi connectivity index (χ4v) is 23.8. The smallest absolute Gasteiger partial charge is 0.387 e. The number of H-pyrrole nitrogens is 1. The quantitative estimate of drug-likeness (QED) is 0.0173. The van der Waals surface area contributed by atoms with Gasteiger partial charge in [0.1, 0.15) is 64.8 Å². The SMILES string of the molecule is C=Cn1c(-c2ccc(N3CCCS3(=O)=O)cc2)c(C#N)c2ccc(OC)cc21.CC(C)Oc1ccc2c(C#N)c(-c3ccc(O)c(N)c3)[nH]c2c1.CCCS(=O)(=O)Nc1ccccc1-c1c(C#N)c2ccc(OC)cc2n1CC.N#Cc1c(-c2ccc(N3CCCS3(=O)=O)cc2)n(CC2CC2)c2cc(OC(F)F)ccc12.N#Cc1c(-c2ccc(NS(=O)(=O)C3CC3)cc2)n(CC2CC2)c2cc(OC(F)F)ccc12. The highest BCUT2D eigenvalue weighted by Gasteiger charge is 2.37. The van der Waals surface area contributed by atoms with Crippen molar-refractivity contribution in [3.05, 3.63) is 241 Å². The van der Waals surface area contributed by atoms with Gasteiger partial charge in [-0.3, -0.25) is 18.1 Å². The molecule has 0 amide bonds. The van der Waals surface area contributed by atoms with Gasteiger partial charge in [-0.05, 0) is 223 Å². The van der Waals surface area contributed by atoms with Gasteiger partial charge in [-0.15, -0.1) is 0 Å². The van der Waals surface area contributed by atoms with Gasteiger partial charge in [-0.2, -0.15) is 43.9 Å². The molecule has 736 valence electrons. The summed E-state index contributed by atoms with van der Waals surface area (Å²) in [5.74, 6) is 3.57. The number of hydrogen-bond donors (Lipinski definition) is 5. The monoisotopic (exact) mass is 2010 g/mol. The van der Waals surface area contributed by atoms with Gasteiger partial charge in [0.25, 0.3) is 0 Å². The first-order chi connectivity index (χ1) is 68.7. The maximum Gasteiger partial charge on any atom is 0.387 e. The predicted octanol–water partition coefficient (Wildman–Crippen LogP) is 21.8. The molecule has 6 N–H and O–H groups in total. The van der Waals surface area contributed by atoms with E-state index in [4.69, 9.17) is 19.9 Å². The lowest BCUT2D eigenvalue weighted by atomic mass is 10.0. The van der Waals surface area contributed by atoms with Gasteiger partial charge < -0.3 is 57.8 Å². The Kier molecular flexibility index (Phi) is 29.5. The van der Waals surface area contributed by atoms with Crippen LogP contribution in [-0.2, 0) is 59.7 Å². The molecule has 2 aliphatic heterocycles. The Morgan fingerprint density at radius 2 is 0.930 bits per heavy atom. The second-order valence-electron chi connectivity index (χ2n) is 35.2. The van der Waals surface area contributed by atoms with Crippen molar-refractivity contribution in [2.24, 2.45) is 11.8 Å². The number of anilines is 5. The Labute approximate surface area is 825 Å². The molecule has 15 aromatic rings. The lowest BCUT2D eigenvalue weighted by molar-refractivity contribution is -0.0504. The third-order valence-electron chi connectivity index (χ3n) is 25.2. The summed E-state index contributed by atoms with van der Waals surface area (Å²) in [7, 11) is -10.1. The highest BCUT2D eigenvalue weighted by atomic mass is 32.2. The zero-order valence-corrected chi connectivity index (χ0v) is 82.1. The predicted molar refractivity (Wildman–Crippen MR) is 547 cm³/mol. The van der Waals surface area contributed by atoms with Crippen LogP contribution in [0.4, 0.5) is 46.0 Å². The number of nitrogens with zero attached hydrogens (tertiary/aromatic N) is 11. The zero-order valence-electron chi connectivity index (χ0n) is 78.8. The van der Waals surface area contributed by atoms with Gasteiger partial charge in [0.2, 0.25) is 40.1 Å². The molecule has 3 aliphatic carbocycles. The van der Waals surface area contributed by atoms with Gasteiger partial charge in [-0.25, -0.2) is 33.7 Å². The molecule has 0 spiro atoms. The number of rotatable bonds is 28. The first-order valence-electron chi connectivity index (χ1n) is 46.3. The maximum absolute atomic E-state index is 12.7. The standard InChI is InChI=1S/2C23H21F2N3O3S.C21H19N3O3S.C21H23N3O3S.C18H17N3O2/c24-23(25)31-18-8-9-19-20(13-26)22(27(21(19)12-18)14-15-2-3-15)16-4-6-17(7-5-16)28-10-1-11-32(28,29)30;24-23(25)31-17-7-10-19-20(12-26)22(28(21(19)11-17)13-14-1-2-14)15-3-5-16(6-4-15)27-32(29,30)18-8-9-18;1-3-23-20-13-17(27-2)9-10-18(20)19(14-22)21(23)15-5-7-16(8-6-15)24-11-4-12-28(24,25)26;1-4-12-28(25,26)23-19-9-7-6-8-17(19)21-18(14-22)16-11-10-15(27-3)13-20(16)24(21)5-2;1-10(2)23-12-4-5-13-14(9-19)18(21-16(13)8-12)11-3-6-17(22)15(20)7-11/h4-9,12,15,23H,1-3,10-11,14H2;3-7,10-11,14,18,23,27H,1-2,8-9,13H2;3,5-10,13H,1,4,11-12H2,2H3;6-11,13,23H,4-5,12H2,1-3H3;3-8,10,21-22H,20H2,1-2H3. The van der Waals surface area contributed by atoms with Crippen LogP contribution in [0.25, 0.3) is 117 Å². The summed E-state index contributed by atoms with van der Waals surface area (Å²) in [5.41, 5.74) is 21.8. The first kappa shape index (κ1) is 100. The van der Waals surface area contributed by atoms with Crippen molar-refractivity contribution in [1.29, 1.82) is 26.3 Å². The van der Waals surface area contributed by atoms with E-state index < -0.39 is 53.3 Å². The maximum atomic E-state index is 12.7. The summed E-state index contributed by atoms with van der Waals surface area (Å²) in [4.78, 5) is 3.25. The number of nitriles is 5. The summed E-state index contributed by atoms with van der Waals surface area (Å²) >= 11 is 0. The van der Waals surface area contributed by atoms with Crippen LogP contribution in [0.15, 0.2) is 213 Å². The molecule has 5 aromatic heterocycles. The molecule has 7 heterocycles. The minimum atomic E-state index is -3.46. The molecular weight excluding hydrogens is 1910 g/mol. The van der Waals surface area contributed by atoms with E-state index in [9.17, 15) is 82.6 Å². The second-order valence-corrected chi connectivity index (χ2v) is 43.1. The lowest BCUT2D eigenvalue weighted by Crippen LogP contribution is -2.24. The number of benzene rings is 10. The van der Waals surface area contributed by atoms with Crippen molar-refractivity contribution in [3.8, 4) is 121 Å². The summed E-state index contributed by atoms with van der Waals surface area (Å²) in [5, 5.41) is 62.1. The number of sulfonamides is 4. The number of nitrogen functional groups attached to an aromatic ring is 1. The number of aromatic hydroxyl groups is 1. The van der Waals surface area contributed by atoms with Gasteiger partial charge in [0.05, 0.1) is 149 Å². The van der Waals surface area contributed by atoms with E-state index in [2.05, 4.69) is 60.8 Å². The van der Waals surface area contributed by atoms with Crippen molar-refractivity contribution in [2.45, 2.75) is 130 Å². The van der Waals surface area contributed by atoms with E-state index in [1.807, 2.05) is 137 Å². The molecule has 0 unspecified atom stereocenters. The number of halogens is 4. The van der Waals surface area contributed by atoms with Crippen LogP contribution in [0.5, 0.6) is 34.5 Å². The van der Waals surface area contributed by atoms with E-state index in [1.54, 1.807) is 117 Å². The lowest BCUT2D eigenvalue weighted by Gasteiger charge is -2.17. The zero-order chi connectivity index (χ0) is 102. The van der Waals surface area contributed by atoms with Crippen molar-refractivity contribution in [2.75, 3.05) is 68.4 Å². The van der Waals surface area contributed by atoms with Gasteiger partial charge >= 0.3 is 13.2 Å². The van der Waals surface area contributed by atoms with Gasteiger partial charge in [0, 0.05) is 119 Å². The number of hydrogen-bond acceptors (Lipinski definition) is 20. The van der Waals surface area contributed by atoms with Crippen LogP contribution in [0, 0.1) is 68.5 Å². The van der Waals surface area contributed by atoms with Crippen molar-refractivity contribution in [1.82, 2.24) is 23.3 Å². The van der Waals surface area contributed by atoms with Crippen LogP contribution >= 0.6 is 0 Å². The minimum absolute atomic E-state index is 0.0241. The summed E-state index contributed by atoms with van der Waals surface area (Å²) in [6.07, 6.45) is 9.18. The van der Waals surface area contributed by atoms with Crippen LogP contribution in [-0.4, -0.2) is 131 Å². The molecule has 10 aromatic carbocycles. The normalized spacial score (nSPS) is 14.6. The molecule has 29 nitrogen and oxygen atoms in total. The van der Waals surface area contributed by atoms with Crippen molar-refractivity contribution >= 4 is 129 Å². The molecule has 5 aliphatic rings. The molecule has 2 saturated heterocycles. The van der Waals surface area contributed by atoms with Crippen LogP contribution in [0.2, 0.25) is 0 Å². The number of aryl methyl sites for hydroxylation is 1. The Morgan fingerprint density at radius 1 is 0.503 bits per heavy atom. The number of aromatic amines is 1. The molecule has 0 radical (unpaired) electrons. The average Bonchev–Trinajstić information content (AvgIpc) is 1.60. The topological polar surface area (TPSA) is 414 Å². The number of nitrogens with two attached hydrogens (primary N) is 1. The van der Waals surface area contributed by atoms with E-state index in [-0.39, 0.29) is 51.5 Å². The molecule has 143 heavy (non-hydrogen) atoms. The van der Waals surface area contributed by atoms with Crippen molar-refractivity contribution < 1.29 is 80.0 Å². The number of methoxy groups -OCH3 is 2. The third kappa shape index (κ3) is 21.7. The fraction of sp³-hybridized carbons (Fsp3) is 0.274. The van der Waals surface area contributed by atoms with E-state index in [0.29, 0.717) is 189 Å². The number of nitrogens with one attached hydrogen (secondary N) is 3. The number of phenolic OH excluding ortho intramolecular Hbond substituents is 1. The third-order valence-corrected chi connectivity index (χ3v) is 32.2. The number of ether oxygens (including phenoxy) is 5. The average molecular weight is 2010 g/mol. The fourth-order valence-electron chi connectivity index (χ4n) is 18.1. The Bertz CT molecular complexity index is 8130. The summed E-state index contributed by atoms with van der Waals surface area (Å²) in [6, 6.07) is 70.8. The highest BCUT2D eigenvalue weighted by Crippen LogP contribution is 2.47. The number of phenols is 1. The Hall–Kier alpha value is -15.6. The molecular formula is C106H101F4N15O14S4. The second kappa shape index (κ2) is 42.1. The van der Waals surface area contributed by atoms with E-state index >= 15 is 0 Å². The summed E-state index contributed by atoms with van der Waals surface area (Å²) in [6.45, 7) is 8.70. The Morgan fingerprint density at radius 3 is 1.36 bits per heavy atom. The van der Waals surface area contributed by atoms with Crippen LogP contribution in [0.1, 0.15) is 113 Å². The Balaban J connectivity index is 0.000000129. The van der Waals surface area contributed by atoms with Crippen LogP contribution in [0.3, 0.4) is 0 Å². The number of para-hydroxylation sites is 1. The van der Waals surface area contributed by atoms with Crippen LogP contribution < -0.4 is 47.5 Å². The molecule has 5 fully saturated rings. The number of fused-ring (bicyclic) bond motifs is 5. The minimum Gasteiger partial charge on any atom is -0.506 e. The molecule has 0 bridgehead atoms. The first-order valence-corrected chi connectivity index (χ1v) is 52.7. The molecule has 37 heteroatoms. The van der Waals surface area contributed by atoms with Gasteiger partial charge in [-0.1, -0.05) is 68.1 Å². The largest absolute Gasteiger partial charge is 0.506 e. The van der Waals surface area contributed by atoms with E-state index in [0.717, 1.165) is 92.1 Å². The molecule has 20 rings (SSSR count). The molecule has 0 atom stereocenters. The number of aromatic nitrogens is 5.